The Kier molecular flexibility index (Phi) is 5.56. The number of carbonyl (C=O) groups is 1. The normalized spacial score (nSPS) is 15.0. The van der Waals surface area contributed by atoms with Crippen LogP contribution >= 0.6 is 22.6 Å². The Morgan fingerprint density at radius 1 is 1.31 bits per heavy atom. The first-order valence-corrected chi connectivity index (χ1v) is 9.17. The molecule has 3 rings (SSSR count). The number of rotatable bonds is 5. The van der Waals surface area contributed by atoms with Gasteiger partial charge in [0.05, 0.1) is 0 Å². The molecule has 0 radical (unpaired) electrons. The maximum atomic E-state index is 12.2. The number of carbonyl (C=O) groups excluding carboxylic acids is 1. The Morgan fingerprint density at radius 2 is 2.08 bits per heavy atom. The molecular formula is C21H18INO3. The fraction of sp³-hybridized carbons (Fsp3) is 0.143. The topological polar surface area (TPSA) is 47.9 Å². The van der Waals surface area contributed by atoms with Crippen LogP contribution in [0.1, 0.15) is 23.6 Å². The van der Waals surface area contributed by atoms with Crippen molar-refractivity contribution in [2.75, 3.05) is 6.61 Å². The van der Waals surface area contributed by atoms with Gasteiger partial charge < -0.3 is 9.47 Å². The molecule has 0 atom stereocenters. The van der Waals surface area contributed by atoms with Crippen LogP contribution in [0.15, 0.2) is 65.3 Å². The van der Waals surface area contributed by atoms with Crippen LogP contribution in [0.4, 0.5) is 0 Å². The van der Waals surface area contributed by atoms with Crippen molar-refractivity contribution in [1.29, 1.82) is 0 Å². The number of aliphatic imine (C=N–C) groups is 1. The highest BCUT2D eigenvalue weighted by atomic mass is 127. The molecular weight excluding hydrogens is 441 g/mol. The summed E-state index contributed by atoms with van der Waals surface area (Å²) in [6.45, 7) is 8.16. The molecule has 1 aliphatic rings. The number of cyclic esters (lactones) is 1. The molecule has 2 aromatic rings. The van der Waals surface area contributed by atoms with Crippen LogP contribution in [0.2, 0.25) is 0 Å². The summed E-state index contributed by atoms with van der Waals surface area (Å²) in [4.78, 5) is 16.6. The van der Waals surface area contributed by atoms with E-state index >= 15 is 0 Å². The second-order valence-corrected chi connectivity index (χ2v) is 7.25. The lowest BCUT2D eigenvalue weighted by atomic mass is 10.1. The van der Waals surface area contributed by atoms with Gasteiger partial charge in [0.25, 0.3) is 0 Å². The lowest BCUT2D eigenvalue weighted by Gasteiger charge is -2.08. The van der Waals surface area contributed by atoms with Crippen LogP contribution in [0, 0.1) is 10.5 Å². The van der Waals surface area contributed by atoms with Gasteiger partial charge in [0.1, 0.15) is 12.4 Å². The monoisotopic (exact) mass is 459 g/mol. The summed E-state index contributed by atoms with van der Waals surface area (Å²) in [5.74, 6) is 0.525. The van der Waals surface area contributed by atoms with Gasteiger partial charge in [0, 0.05) is 14.7 Å². The molecule has 0 bridgehead atoms. The second-order valence-electron chi connectivity index (χ2n) is 6.08. The van der Waals surface area contributed by atoms with Crippen molar-refractivity contribution in [2.45, 2.75) is 13.8 Å². The number of ether oxygens (including phenoxy) is 2. The highest BCUT2D eigenvalue weighted by Crippen LogP contribution is 2.25. The summed E-state index contributed by atoms with van der Waals surface area (Å²) in [6, 6.07) is 13.3. The van der Waals surface area contributed by atoms with Crippen LogP contribution in [0.5, 0.6) is 5.75 Å². The second kappa shape index (κ2) is 7.86. The van der Waals surface area contributed by atoms with E-state index in [4.69, 9.17) is 9.47 Å². The first kappa shape index (κ1) is 18.4. The van der Waals surface area contributed by atoms with Gasteiger partial charge in [-0.2, -0.15) is 0 Å². The smallest absolute Gasteiger partial charge is 0.363 e. The molecule has 0 aromatic heterocycles. The molecule has 0 N–H and O–H groups in total. The van der Waals surface area contributed by atoms with E-state index in [0.29, 0.717) is 18.3 Å². The number of hydrogen-bond acceptors (Lipinski definition) is 4. The minimum atomic E-state index is -0.467. The molecule has 26 heavy (non-hydrogen) atoms. The molecule has 4 nitrogen and oxygen atoms in total. The molecule has 132 valence electrons. The molecule has 0 amide bonds. The van der Waals surface area contributed by atoms with Crippen molar-refractivity contribution in [1.82, 2.24) is 0 Å². The predicted octanol–water partition coefficient (Wildman–Crippen LogP) is 4.90. The zero-order valence-corrected chi connectivity index (χ0v) is 16.7. The molecule has 0 spiro atoms. The third-order valence-electron chi connectivity index (χ3n) is 3.71. The summed E-state index contributed by atoms with van der Waals surface area (Å²) < 4.78 is 12.2. The first-order chi connectivity index (χ1) is 12.4. The van der Waals surface area contributed by atoms with E-state index in [9.17, 15) is 4.79 Å². The van der Waals surface area contributed by atoms with Crippen molar-refractivity contribution in [3.05, 3.63) is 80.6 Å². The SMILES string of the molecule is C=C(C)COc1ccccc1/C=C1\N=C(c2ccc(I)c(C)c2)OC1=O. The molecule has 0 fully saturated rings. The lowest BCUT2D eigenvalue weighted by Crippen LogP contribution is -2.06. The van der Waals surface area contributed by atoms with E-state index in [2.05, 4.69) is 34.2 Å². The van der Waals surface area contributed by atoms with Gasteiger partial charge in [-0.15, -0.1) is 0 Å². The maximum absolute atomic E-state index is 12.2. The van der Waals surface area contributed by atoms with Gasteiger partial charge in [-0.05, 0) is 77.9 Å². The van der Waals surface area contributed by atoms with Gasteiger partial charge in [-0.1, -0.05) is 24.8 Å². The third-order valence-corrected chi connectivity index (χ3v) is 4.92. The average molecular weight is 459 g/mol. The lowest BCUT2D eigenvalue weighted by molar-refractivity contribution is -0.129. The third kappa shape index (κ3) is 4.22. The molecule has 0 saturated carbocycles. The molecule has 5 heteroatoms. The van der Waals surface area contributed by atoms with E-state index in [1.54, 1.807) is 6.08 Å². The largest absolute Gasteiger partial charge is 0.489 e. The number of halogens is 1. The Bertz CT molecular complexity index is 944. The van der Waals surface area contributed by atoms with Gasteiger partial charge >= 0.3 is 5.97 Å². The van der Waals surface area contributed by atoms with Crippen molar-refractivity contribution < 1.29 is 14.3 Å². The van der Waals surface area contributed by atoms with Gasteiger partial charge in [0.2, 0.25) is 5.90 Å². The number of aryl methyl sites for hydroxylation is 1. The summed E-state index contributed by atoms with van der Waals surface area (Å²) in [6.07, 6.45) is 1.68. The van der Waals surface area contributed by atoms with Crippen LogP contribution in [0.3, 0.4) is 0 Å². The van der Waals surface area contributed by atoms with Crippen molar-refractivity contribution in [3.63, 3.8) is 0 Å². The highest BCUT2D eigenvalue weighted by molar-refractivity contribution is 14.1. The van der Waals surface area contributed by atoms with Crippen LogP contribution < -0.4 is 4.74 Å². The van der Waals surface area contributed by atoms with Crippen LogP contribution in [-0.2, 0) is 9.53 Å². The van der Waals surface area contributed by atoms with Crippen molar-refractivity contribution >= 4 is 40.5 Å². The number of esters is 1. The summed E-state index contributed by atoms with van der Waals surface area (Å²) >= 11 is 2.26. The first-order valence-electron chi connectivity index (χ1n) is 8.09. The Balaban J connectivity index is 1.91. The van der Waals surface area contributed by atoms with Gasteiger partial charge in [-0.25, -0.2) is 9.79 Å². The highest BCUT2D eigenvalue weighted by Gasteiger charge is 2.24. The van der Waals surface area contributed by atoms with E-state index < -0.39 is 5.97 Å². The van der Waals surface area contributed by atoms with E-state index in [0.717, 1.165) is 25.8 Å². The number of benzene rings is 2. The van der Waals surface area contributed by atoms with E-state index in [1.807, 2.05) is 56.3 Å². The van der Waals surface area contributed by atoms with E-state index in [1.165, 1.54) is 0 Å². The van der Waals surface area contributed by atoms with Crippen LogP contribution in [0.25, 0.3) is 6.08 Å². The standard InChI is InChI=1S/C21H18INO3/c1-13(2)12-25-19-7-5-4-6-15(19)11-18-21(24)26-20(23-18)16-8-9-17(22)14(3)10-16/h4-11H,1,12H2,2-3H3/b18-11-. The number of nitrogens with zero attached hydrogens (tertiary/aromatic N) is 1. The molecule has 0 saturated heterocycles. The minimum Gasteiger partial charge on any atom is -0.489 e. The molecule has 2 aromatic carbocycles. The summed E-state index contributed by atoms with van der Waals surface area (Å²) in [7, 11) is 0. The van der Waals surface area contributed by atoms with Gasteiger partial charge in [-0.3, -0.25) is 0 Å². The van der Waals surface area contributed by atoms with Crippen molar-refractivity contribution in [2.24, 2.45) is 4.99 Å². The molecule has 0 unspecified atom stereocenters. The Morgan fingerprint density at radius 3 is 2.81 bits per heavy atom. The average Bonchev–Trinajstić information content (AvgIpc) is 2.97. The predicted molar refractivity (Wildman–Crippen MR) is 111 cm³/mol. The summed E-state index contributed by atoms with van der Waals surface area (Å²) in [5.41, 5.74) is 3.83. The Labute approximate surface area is 166 Å². The van der Waals surface area contributed by atoms with Crippen LogP contribution in [-0.4, -0.2) is 18.5 Å². The number of hydrogen-bond donors (Lipinski definition) is 0. The van der Waals surface area contributed by atoms with Gasteiger partial charge in [0.15, 0.2) is 5.70 Å². The molecule has 1 heterocycles. The fourth-order valence-electron chi connectivity index (χ4n) is 2.39. The van der Waals surface area contributed by atoms with Crippen molar-refractivity contribution in [3.8, 4) is 5.75 Å². The quantitative estimate of drug-likeness (QED) is 0.277. The summed E-state index contributed by atoms with van der Waals surface area (Å²) in [5, 5.41) is 0. The molecule has 1 aliphatic heterocycles. The zero-order valence-electron chi connectivity index (χ0n) is 14.6. The zero-order chi connectivity index (χ0) is 18.7. The van der Waals surface area contributed by atoms with E-state index in [-0.39, 0.29) is 5.70 Å². The minimum absolute atomic E-state index is 0.252. The maximum Gasteiger partial charge on any atom is 0.363 e. The number of para-hydroxylation sites is 1. The Hall–Kier alpha value is -2.41. The molecule has 0 aliphatic carbocycles. The fourth-order valence-corrected chi connectivity index (χ4v) is 2.73.